The predicted molar refractivity (Wildman–Crippen MR) is 84.6 cm³/mol. The summed E-state index contributed by atoms with van der Waals surface area (Å²) in [4.78, 5) is 4.26. The SMILES string of the molecule is ClCCc1ncc(-c2ccc3c(c2)Cc2ccccc2-3)o1. The zero-order valence-corrected chi connectivity index (χ0v) is 12.2. The average molecular weight is 296 g/mol. The van der Waals surface area contributed by atoms with Crippen LogP contribution >= 0.6 is 11.6 Å². The first-order valence-electron chi connectivity index (χ1n) is 7.07. The summed E-state index contributed by atoms with van der Waals surface area (Å²) in [7, 11) is 0. The molecule has 1 aliphatic carbocycles. The van der Waals surface area contributed by atoms with Crippen molar-refractivity contribution in [1.82, 2.24) is 4.98 Å². The molecule has 0 spiro atoms. The maximum absolute atomic E-state index is 5.75. The summed E-state index contributed by atoms with van der Waals surface area (Å²) < 4.78 is 5.75. The molecule has 21 heavy (non-hydrogen) atoms. The molecule has 0 radical (unpaired) electrons. The molecule has 2 aromatic carbocycles. The van der Waals surface area contributed by atoms with Crippen LogP contribution in [0, 0.1) is 0 Å². The normalized spacial score (nSPS) is 12.2. The molecule has 0 N–H and O–H groups in total. The number of oxazole rings is 1. The van der Waals surface area contributed by atoms with E-state index in [1.807, 2.05) is 0 Å². The van der Waals surface area contributed by atoms with Crippen LogP contribution in [-0.2, 0) is 12.8 Å². The quantitative estimate of drug-likeness (QED) is 0.512. The van der Waals surface area contributed by atoms with E-state index < -0.39 is 0 Å². The molecule has 0 atom stereocenters. The molecule has 0 bridgehead atoms. The number of benzene rings is 2. The first-order chi connectivity index (χ1) is 10.3. The van der Waals surface area contributed by atoms with E-state index in [9.17, 15) is 0 Å². The summed E-state index contributed by atoms with van der Waals surface area (Å²) in [5, 5.41) is 0. The Balaban J connectivity index is 1.72. The van der Waals surface area contributed by atoms with Crippen LogP contribution in [0.1, 0.15) is 17.0 Å². The van der Waals surface area contributed by atoms with E-state index in [1.165, 1.54) is 22.3 Å². The first kappa shape index (κ1) is 12.7. The van der Waals surface area contributed by atoms with Gasteiger partial charge in [0.05, 0.1) is 6.20 Å². The van der Waals surface area contributed by atoms with Crippen molar-refractivity contribution in [3.63, 3.8) is 0 Å². The number of nitrogens with zero attached hydrogens (tertiary/aromatic N) is 1. The van der Waals surface area contributed by atoms with E-state index in [4.69, 9.17) is 16.0 Å². The second-order valence-electron chi connectivity index (χ2n) is 5.26. The molecule has 4 rings (SSSR count). The van der Waals surface area contributed by atoms with Crippen molar-refractivity contribution in [1.29, 1.82) is 0 Å². The molecule has 1 heterocycles. The fraction of sp³-hybridized carbons (Fsp3) is 0.167. The molecule has 0 aliphatic heterocycles. The highest BCUT2D eigenvalue weighted by atomic mass is 35.5. The zero-order valence-electron chi connectivity index (χ0n) is 11.5. The van der Waals surface area contributed by atoms with Crippen LogP contribution in [0.15, 0.2) is 53.1 Å². The summed E-state index contributed by atoms with van der Waals surface area (Å²) in [5.74, 6) is 2.04. The summed E-state index contributed by atoms with van der Waals surface area (Å²) >= 11 is 5.72. The summed E-state index contributed by atoms with van der Waals surface area (Å²) in [6.07, 6.45) is 3.44. The highest BCUT2D eigenvalue weighted by Gasteiger charge is 2.18. The Labute approximate surface area is 128 Å². The first-order valence-corrected chi connectivity index (χ1v) is 7.61. The molecular formula is C18H14ClNO. The van der Waals surface area contributed by atoms with Crippen LogP contribution in [0.5, 0.6) is 0 Å². The fourth-order valence-electron chi connectivity index (χ4n) is 2.94. The van der Waals surface area contributed by atoms with Crippen molar-refractivity contribution in [3.05, 3.63) is 65.7 Å². The standard InChI is InChI=1S/C18H14ClNO/c19-8-7-18-20-11-17(21-18)13-5-6-16-14(10-13)9-12-3-1-2-4-15(12)16/h1-6,10-11H,7-9H2. The molecule has 0 fully saturated rings. The van der Waals surface area contributed by atoms with Gasteiger partial charge in [0.2, 0.25) is 0 Å². The van der Waals surface area contributed by atoms with Crippen LogP contribution < -0.4 is 0 Å². The fourth-order valence-corrected chi connectivity index (χ4v) is 3.10. The van der Waals surface area contributed by atoms with Gasteiger partial charge in [0.25, 0.3) is 0 Å². The summed E-state index contributed by atoms with van der Waals surface area (Å²) in [6.45, 7) is 0. The Kier molecular flexibility index (Phi) is 3.04. The minimum Gasteiger partial charge on any atom is -0.441 e. The number of halogens is 1. The Morgan fingerprint density at radius 3 is 2.81 bits per heavy atom. The van der Waals surface area contributed by atoms with Gasteiger partial charge in [0.1, 0.15) is 0 Å². The van der Waals surface area contributed by atoms with Gasteiger partial charge in [-0.25, -0.2) is 4.98 Å². The number of aryl methyl sites for hydroxylation is 1. The zero-order chi connectivity index (χ0) is 14.2. The molecule has 104 valence electrons. The van der Waals surface area contributed by atoms with Crippen molar-refractivity contribution in [2.24, 2.45) is 0 Å². The largest absolute Gasteiger partial charge is 0.441 e. The highest BCUT2D eigenvalue weighted by Crippen LogP contribution is 2.38. The van der Waals surface area contributed by atoms with Gasteiger partial charge in [0, 0.05) is 17.9 Å². The van der Waals surface area contributed by atoms with Gasteiger partial charge in [-0.15, -0.1) is 11.6 Å². The van der Waals surface area contributed by atoms with Gasteiger partial charge in [-0.2, -0.15) is 0 Å². The van der Waals surface area contributed by atoms with Crippen LogP contribution in [0.3, 0.4) is 0 Å². The maximum atomic E-state index is 5.75. The van der Waals surface area contributed by atoms with Crippen molar-refractivity contribution in [2.45, 2.75) is 12.8 Å². The molecular weight excluding hydrogens is 282 g/mol. The van der Waals surface area contributed by atoms with Gasteiger partial charge in [-0.3, -0.25) is 0 Å². The Hall–Kier alpha value is -2.06. The molecule has 0 amide bonds. The minimum absolute atomic E-state index is 0.527. The van der Waals surface area contributed by atoms with Crippen LogP contribution in [0.2, 0.25) is 0 Å². The summed E-state index contributed by atoms with van der Waals surface area (Å²) in [5.41, 5.74) is 6.50. The predicted octanol–water partition coefficient (Wildman–Crippen LogP) is 4.69. The molecule has 0 saturated heterocycles. The molecule has 1 aromatic heterocycles. The van der Waals surface area contributed by atoms with Crippen molar-refractivity contribution < 1.29 is 4.42 Å². The van der Waals surface area contributed by atoms with E-state index in [0.717, 1.165) is 17.7 Å². The average Bonchev–Trinajstić information content (AvgIpc) is 3.11. The van der Waals surface area contributed by atoms with Gasteiger partial charge in [-0.05, 0) is 34.7 Å². The molecule has 0 saturated carbocycles. The lowest BCUT2D eigenvalue weighted by Crippen LogP contribution is -1.84. The highest BCUT2D eigenvalue weighted by molar-refractivity contribution is 6.17. The van der Waals surface area contributed by atoms with E-state index >= 15 is 0 Å². The second kappa shape index (κ2) is 5.05. The molecule has 3 heteroatoms. The van der Waals surface area contributed by atoms with Crippen molar-refractivity contribution in [3.8, 4) is 22.5 Å². The topological polar surface area (TPSA) is 26.0 Å². The number of rotatable bonds is 3. The third-order valence-electron chi connectivity index (χ3n) is 3.94. The summed E-state index contributed by atoms with van der Waals surface area (Å²) in [6, 6.07) is 15.1. The molecule has 0 unspecified atom stereocenters. The smallest absolute Gasteiger partial charge is 0.196 e. The van der Waals surface area contributed by atoms with Gasteiger partial charge in [-0.1, -0.05) is 36.4 Å². The third-order valence-corrected chi connectivity index (χ3v) is 4.13. The van der Waals surface area contributed by atoms with Crippen molar-refractivity contribution >= 4 is 11.6 Å². The third kappa shape index (κ3) is 2.16. The van der Waals surface area contributed by atoms with E-state index in [-0.39, 0.29) is 0 Å². The monoisotopic (exact) mass is 295 g/mol. The molecule has 1 aliphatic rings. The molecule has 2 nitrogen and oxygen atoms in total. The number of fused-ring (bicyclic) bond motifs is 3. The Bertz CT molecular complexity index is 806. The maximum Gasteiger partial charge on any atom is 0.196 e. The minimum atomic E-state index is 0.527. The lowest BCUT2D eigenvalue weighted by atomic mass is 10.0. The lowest BCUT2D eigenvalue weighted by molar-refractivity contribution is 0.514. The number of hydrogen-bond acceptors (Lipinski definition) is 2. The number of hydrogen-bond donors (Lipinski definition) is 0. The van der Waals surface area contributed by atoms with Crippen LogP contribution in [0.4, 0.5) is 0 Å². The van der Waals surface area contributed by atoms with Gasteiger partial charge >= 0.3 is 0 Å². The Morgan fingerprint density at radius 1 is 1.05 bits per heavy atom. The van der Waals surface area contributed by atoms with Crippen molar-refractivity contribution in [2.75, 3.05) is 5.88 Å². The molecule has 3 aromatic rings. The number of aromatic nitrogens is 1. The van der Waals surface area contributed by atoms with Gasteiger partial charge < -0.3 is 4.42 Å². The number of alkyl halides is 1. The second-order valence-corrected chi connectivity index (χ2v) is 5.64. The van der Waals surface area contributed by atoms with Crippen LogP contribution in [0.25, 0.3) is 22.5 Å². The van der Waals surface area contributed by atoms with E-state index in [2.05, 4.69) is 47.4 Å². The van der Waals surface area contributed by atoms with E-state index in [0.29, 0.717) is 18.2 Å². The van der Waals surface area contributed by atoms with Gasteiger partial charge in [0.15, 0.2) is 11.7 Å². The lowest BCUT2D eigenvalue weighted by Gasteiger charge is -2.03. The van der Waals surface area contributed by atoms with Crippen LogP contribution in [-0.4, -0.2) is 10.9 Å². The van der Waals surface area contributed by atoms with E-state index in [1.54, 1.807) is 6.20 Å². The Morgan fingerprint density at radius 2 is 1.90 bits per heavy atom.